The predicted molar refractivity (Wildman–Crippen MR) is 173 cm³/mol. The first-order chi connectivity index (χ1) is 22.1. The molecule has 46 heavy (non-hydrogen) atoms. The normalized spacial score (nSPS) is 14.1. The van der Waals surface area contributed by atoms with E-state index in [2.05, 4.69) is 39.8 Å². The lowest BCUT2D eigenvalue weighted by Crippen LogP contribution is -2.41. The van der Waals surface area contributed by atoms with E-state index >= 15 is 0 Å². The van der Waals surface area contributed by atoms with Crippen LogP contribution in [-0.2, 0) is 5.54 Å². The summed E-state index contributed by atoms with van der Waals surface area (Å²) in [7, 11) is 1.55. The number of carbonyl (C=O) groups is 2. The lowest BCUT2D eigenvalue weighted by atomic mass is 9.88. The number of allylic oxidation sites excluding steroid dienone is 2. The van der Waals surface area contributed by atoms with E-state index in [-0.39, 0.29) is 23.5 Å². The topological polar surface area (TPSA) is 123 Å². The second kappa shape index (κ2) is 12.7. The van der Waals surface area contributed by atoms with Crippen LogP contribution in [0.5, 0.6) is 0 Å². The van der Waals surface area contributed by atoms with E-state index in [4.69, 9.17) is 13.9 Å². The molecule has 1 atom stereocenters. The maximum atomic E-state index is 13.8. The summed E-state index contributed by atoms with van der Waals surface area (Å²) in [4.78, 5) is 35.9. The van der Waals surface area contributed by atoms with Gasteiger partial charge in [0.25, 0.3) is 11.8 Å². The number of nitrogens with one attached hydrogen (secondary N) is 2. The third-order valence-corrected chi connectivity index (χ3v) is 8.64. The van der Waals surface area contributed by atoms with Gasteiger partial charge < -0.3 is 19.6 Å². The molecule has 0 bridgehead atoms. The summed E-state index contributed by atoms with van der Waals surface area (Å²) in [5.41, 5.74) is 3.15. The fraction of sp³-hybridized carbons (Fsp3) is 0.306. The fourth-order valence-electron chi connectivity index (χ4n) is 6.02. The second-order valence-electron chi connectivity index (χ2n) is 12.4. The van der Waals surface area contributed by atoms with Gasteiger partial charge >= 0.3 is 0 Å². The van der Waals surface area contributed by atoms with Gasteiger partial charge in [0.05, 0.1) is 22.2 Å². The van der Waals surface area contributed by atoms with Gasteiger partial charge in [0, 0.05) is 23.7 Å². The van der Waals surface area contributed by atoms with Crippen LogP contribution in [0.25, 0.3) is 33.6 Å². The standard InChI is InChI=1S/C36H36FN5O4/c1-21(12-13-22-8-5-6-9-22)30-27(24-10-7-11-25(18-24)32(43)41-36(2,3)35-39-20-45-42-35)19-28-29(33(44)38-4)31(46-34(28)40-30)23-14-16-26(37)17-15-23/h5-7,10-11,14-22H,8-9,12-13H2,1-4H3,(H,38,44)(H,41,43)/t21-/m1/s1. The lowest BCUT2D eigenvalue weighted by Gasteiger charge is -2.22. The van der Waals surface area contributed by atoms with Gasteiger partial charge in [0.15, 0.2) is 5.82 Å². The van der Waals surface area contributed by atoms with Crippen LogP contribution in [0.3, 0.4) is 0 Å². The number of hydrogen-bond donors (Lipinski definition) is 2. The summed E-state index contributed by atoms with van der Waals surface area (Å²) < 4.78 is 24.9. The minimum absolute atomic E-state index is 0.0532. The summed E-state index contributed by atoms with van der Waals surface area (Å²) in [6.07, 6.45) is 9.82. The van der Waals surface area contributed by atoms with Crippen molar-refractivity contribution in [2.45, 2.75) is 57.9 Å². The zero-order valence-corrected chi connectivity index (χ0v) is 26.3. The van der Waals surface area contributed by atoms with Crippen molar-refractivity contribution in [2.75, 3.05) is 7.05 Å². The van der Waals surface area contributed by atoms with Gasteiger partial charge in [-0.1, -0.05) is 36.4 Å². The van der Waals surface area contributed by atoms with Crippen LogP contribution in [-0.4, -0.2) is 34.0 Å². The number of fused-ring (bicyclic) bond motifs is 1. The van der Waals surface area contributed by atoms with E-state index in [0.29, 0.717) is 45.3 Å². The molecule has 10 heteroatoms. The number of pyridine rings is 1. The van der Waals surface area contributed by atoms with Gasteiger partial charge in [-0.05, 0) is 99.4 Å². The van der Waals surface area contributed by atoms with Crippen molar-refractivity contribution >= 4 is 22.9 Å². The predicted octanol–water partition coefficient (Wildman–Crippen LogP) is 7.56. The molecule has 6 rings (SSSR count). The van der Waals surface area contributed by atoms with Crippen molar-refractivity contribution in [1.82, 2.24) is 25.8 Å². The van der Waals surface area contributed by atoms with Gasteiger partial charge in [0.2, 0.25) is 12.1 Å². The van der Waals surface area contributed by atoms with Crippen LogP contribution in [0.4, 0.5) is 4.39 Å². The molecule has 0 saturated carbocycles. The van der Waals surface area contributed by atoms with E-state index < -0.39 is 5.54 Å². The highest BCUT2D eigenvalue weighted by Crippen LogP contribution is 2.40. The zero-order valence-electron chi connectivity index (χ0n) is 26.3. The Kier molecular flexibility index (Phi) is 8.53. The molecule has 1 aliphatic carbocycles. The summed E-state index contributed by atoms with van der Waals surface area (Å²) in [5.74, 6) is 0.291. The molecule has 1 aliphatic rings. The smallest absolute Gasteiger partial charge is 0.255 e. The molecule has 2 amide bonds. The lowest BCUT2D eigenvalue weighted by molar-refractivity contribution is 0.0906. The van der Waals surface area contributed by atoms with Crippen molar-refractivity contribution in [2.24, 2.45) is 5.92 Å². The Morgan fingerprint density at radius 2 is 1.80 bits per heavy atom. The minimum atomic E-state index is -0.870. The first-order valence-electron chi connectivity index (χ1n) is 15.4. The molecule has 0 aliphatic heterocycles. The molecule has 0 fully saturated rings. The molecular formula is C36H36FN5O4. The number of rotatable bonds is 10. The van der Waals surface area contributed by atoms with Gasteiger partial charge in [-0.15, -0.1) is 0 Å². The number of halogens is 1. The average Bonchev–Trinajstić information content (AvgIpc) is 3.85. The molecule has 5 aromatic rings. The Balaban J connectivity index is 1.45. The van der Waals surface area contributed by atoms with Crippen LogP contribution in [0.15, 0.2) is 82.1 Å². The number of amides is 2. The molecule has 236 valence electrons. The van der Waals surface area contributed by atoms with E-state index in [9.17, 15) is 14.0 Å². The molecule has 3 aromatic heterocycles. The van der Waals surface area contributed by atoms with E-state index in [1.807, 2.05) is 24.3 Å². The first-order valence-corrected chi connectivity index (χ1v) is 15.4. The summed E-state index contributed by atoms with van der Waals surface area (Å²) in [5, 5.41) is 10.1. The quantitative estimate of drug-likeness (QED) is 0.154. The molecule has 0 spiro atoms. The van der Waals surface area contributed by atoms with Crippen LogP contribution < -0.4 is 10.6 Å². The van der Waals surface area contributed by atoms with E-state index in [1.165, 1.54) is 18.5 Å². The Morgan fingerprint density at radius 3 is 2.50 bits per heavy atom. The fourth-order valence-corrected chi connectivity index (χ4v) is 6.02. The highest BCUT2D eigenvalue weighted by molar-refractivity contribution is 6.11. The van der Waals surface area contributed by atoms with Gasteiger partial charge in [0.1, 0.15) is 11.6 Å². The SMILES string of the molecule is CNC(=O)c1c(-c2ccc(F)cc2)oc2nc([C@H](C)CCC3CC=CC3)c(-c3cccc(C(=O)NC(C)(C)c4ncon4)c3)cc12. The molecule has 2 N–H and O–H groups in total. The van der Waals surface area contributed by atoms with Crippen molar-refractivity contribution in [3.8, 4) is 22.5 Å². The van der Waals surface area contributed by atoms with Crippen LogP contribution >= 0.6 is 0 Å². The number of carbonyl (C=O) groups excluding carboxylic acids is 2. The van der Waals surface area contributed by atoms with Gasteiger partial charge in [-0.3, -0.25) is 9.59 Å². The molecule has 2 aromatic carbocycles. The maximum absolute atomic E-state index is 13.8. The van der Waals surface area contributed by atoms with Gasteiger partial charge in [-0.2, -0.15) is 4.98 Å². The minimum Gasteiger partial charge on any atom is -0.437 e. The first kappa shape index (κ1) is 30.9. The molecule has 0 radical (unpaired) electrons. The molecule has 0 saturated heterocycles. The molecule has 9 nitrogen and oxygen atoms in total. The number of furan rings is 1. The largest absolute Gasteiger partial charge is 0.437 e. The van der Waals surface area contributed by atoms with Crippen LogP contribution in [0.2, 0.25) is 0 Å². The maximum Gasteiger partial charge on any atom is 0.255 e. The van der Waals surface area contributed by atoms with Crippen molar-refractivity contribution in [1.29, 1.82) is 0 Å². The van der Waals surface area contributed by atoms with Gasteiger partial charge in [-0.25, -0.2) is 9.37 Å². The number of nitrogens with zero attached hydrogens (tertiary/aromatic N) is 3. The summed E-state index contributed by atoms with van der Waals surface area (Å²) in [6, 6.07) is 15.1. The van der Waals surface area contributed by atoms with Crippen molar-refractivity contribution in [3.63, 3.8) is 0 Å². The Morgan fingerprint density at radius 1 is 1.04 bits per heavy atom. The number of aromatic nitrogens is 3. The second-order valence-corrected chi connectivity index (χ2v) is 12.4. The Hall–Kier alpha value is -5.12. The molecule has 0 unspecified atom stereocenters. The average molecular weight is 622 g/mol. The number of benzene rings is 2. The third kappa shape index (κ3) is 6.20. The highest BCUT2D eigenvalue weighted by Gasteiger charge is 2.29. The molecular weight excluding hydrogens is 585 g/mol. The van der Waals surface area contributed by atoms with E-state index in [1.54, 1.807) is 39.1 Å². The van der Waals surface area contributed by atoms with Crippen LogP contribution in [0, 0.1) is 11.7 Å². The Labute approximate surface area is 266 Å². The summed E-state index contributed by atoms with van der Waals surface area (Å²) >= 11 is 0. The number of hydrogen-bond acceptors (Lipinski definition) is 7. The Bertz CT molecular complexity index is 1900. The van der Waals surface area contributed by atoms with Crippen molar-refractivity contribution < 1.29 is 22.9 Å². The monoisotopic (exact) mass is 621 g/mol. The molecule has 3 heterocycles. The van der Waals surface area contributed by atoms with Crippen molar-refractivity contribution in [3.05, 3.63) is 102 Å². The van der Waals surface area contributed by atoms with E-state index in [0.717, 1.165) is 42.5 Å². The third-order valence-electron chi connectivity index (χ3n) is 8.64. The summed E-state index contributed by atoms with van der Waals surface area (Å²) in [6.45, 7) is 5.75. The zero-order chi connectivity index (χ0) is 32.4. The van der Waals surface area contributed by atoms with Crippen LogP contribution in [0.1, 0.15) is 84.6 Å². The highest BCUT2D eigenvalue weighted by atomic mass is 19.1.